The van der Waals surface area contributed by atoms with E-state index in [1.807, 2.05) is 112 Å². The topological polar surface area (TPSA) is 240 Å². The summed E-state index contributed by atoms with van der Waals surface area (Å²) in [5.74, 6) is -0.118. The maximum Gasteiger partial charge on any atom is 0.569 e. The summed E-state index contributed by atoms with van der Waals surface area (Å²) in [7, 11) is 3.85. The molecule has 709 valence electrons. The molecule has 4 saturated heterocycles. The Bertz CT molecular complexity index is 6840. The number of allylic oxidation sites excluding steroid dienone is 1. The van der Waals surface area contributed by atoms with E-state index in [4.69, 9.17) is 81.9 Å². The molecule has 23 nitrogen and oxygen atoms in total. The Kier molecular flexibility index (Phi) is 37.5. The fraction of sp³-hybridized carbons (Fsp3) is 0.237. The molecule has 0 atom stereocenters. The number of halogens is 14. The average molecular weight is 2350 g/mol. The van der Waals surface area contributed by atoms with Crippen molar-refractivity contribution in [3.8, 4) is 45.3 Å². The molecule has 18 rings (SSSR count). The molecule has 10 aromatic carbocycles. The van der Waals surface area contributed by atoms with Gasteiger partial charge in [0, 0.05) is 149 Å². The van der Waals surface area contributed by atoms with Gasteiger partial charge in [-0.1, -0.05) is 146 Å². The lowest BCUT2D eigenvalue weighted by Crippen LogP contribution is -2.50. The summed E-state index contributed by atoms with van der Waals surface area (Å²) in [5.41, 5.74) is 2.40. The van der Waals surface area contributed by atoms with Gasteiger partial charge in [0.25, 0.3) is 0 Å². The molecule has 1 radical (unpaired) electrons. The number of phenols is 1. The molecule has 0 saturated carbocycles. The van der Waals surface area contributed by atoms with E-state index in [2.05, 4.69) is 143 Å². The van der Waals surface area contributed by atoms with Crippen LogP contribution in [0, 0.1) is 23.3 Å². The van der Waals surface area contributed by atoms with Crippen LogP contribution < -0.4 is 33.7 Å². The number of aromatic nitrogens is 4. The summed E-state index contributed by atoms with van der Waals surface area (Å²) in [6.07, 6.45) is 4.71. The zero-order valence-electron chi connectivity index (χ0n) is 73.2. The van der Waals surface area contributed by atoms with Crippen LogP contribution in [-0.4, -0.2) is 212 Å². The molecule has 4 amide bonds. The summed E-state index contributed by atoms with van der Waals surface area (Å²) in [4.78, 5) is 72.3. The van der Waals surface area contributed by atoms with Crippen molar-refractivity contribution in [3.05, 3.63) is 236 Å². The van der Waals surface area contributed by atoms with Gasteiger partial charge in [-0.25, -0.2) is 22.4 Å². The molecule has 4 fully saturated rings. The summed E-state index contributed by atoms with van der Waals surface area (Å²) in [5, 5.41) is 31.1. The molecule has 43 heteroatoms. The molecule has 0 aliphatic carbocycles. The zero-order chi connectivity index (χ0) is 98.3. The number of ether oxygens (including phenoxy) is 3. The number of fused-ring (bicyclic) bond motifs is 7. The number of carbonyl (C=O) groups is 5. The number of carbonyl (C=O) groups excluding carboxylic acids is 5. The van der Waals surface area contributed by atoms with Crippen LogP contribution in [0.25, 0.3) is 98.2 Å². The molecule has 0 unspecified atom stereocenters. The third-order valence-electron chi connectivity index (χ3n) is 21.7. The summed E-state index contributed by atoms with van der Waals surface area (Å²) < 4.78 is 99.2. The third-order valence-corrected chi connectivity index (χ3v) is 28.7. The number of methoxy groups -OCH3 is 2. The van der Waals surface area contributed by atoms with Crippen molar-refractivity contribution < 1.29 is 70.5 Å². The number of anilines is 4. The number of amides is 4. The number of nitrogens with zero attached hydrogens (tertiary/aromatic N) is 12. The molecular weight excluding hydrogens is 2260 g/mol. The first-order chi connectivity index (χ1) is 65.0. The highest BCUT2D eigenvalue weighted by Gasteiger charge is 2.33. The Labute approximate surface area is 864 Å². The second-order valence-corrected chi connectivity index (χ2v) is 44.1. The van der Waals surface area contributed by atoms with E-state index in [0.717, 1.165) is 58.4 Å². The van der Waals surface area contributed by atoms with Gasteiger partial charge in [0.2, 0.25) is 23.0 Å². The number of phenolic OH excluding ortho intramolecular Hbond substituents is 1. The normalized spacial score (nSPS) is 13.7. The number of hydrogen-bond donors (Lipinski definition) is 2. The van der Waals surface area contributed by atoms with Gasteiger partial charge in [-0.15, -0.1) is 47.3 Å². The van der Waals surface area contributed by atoms with Gasteiger partial charge < -0.3 is 68.2 Å². The van der Waals surface area contributed by atoms with Crippen LogP contribution in [0.15, 0.2) is 193 Å². The molecule has 2 N–H and O–H groups in total. The monoisotopic (exact) mass is 2340 g/mol. The first kappa shape index (κ1) is 106. The quantitative estimate of drug-likeness (QED) is 0.0338. The van der Waals surface area contributed by atoms with Gasteiger partial charge in [0.1, 0.15) is 70.7 Å². The second-order valence-electron chi connectivity index (χ2n) is 31.0. The van der Waals surface area contributed by atoms with E-state index in [9.17, 15) is 37.9 Å². The van der Waals surface area contributed by atoms with Crippen molar-refractivity contribution in [3.63, 3.8) is 0 Å². The van der Waals surface area contributed by atoms with Gasteiger partial charge in [-0.05, 0) is 227 Å². The van der Waals surface area contributed by atoms with Gasteiger partial charge in [-0.2, -0.15) is 17.5 Å². The van der Waals surface area contributed by atoms with E-state index in [-0.39, 0.29) is 57.8 Å². The zero-order valence-corrected chi connectivity index (χ0v) is 88.1. The van der Waals surface area contributed by atoms with Crippen molar-refractivity contribution >= 4 is 319 Å². The molecule has 8 heterocycles. The van der Waals surface area contributed by atoms with Gasteiger partial charge in [0.15, 0.2) is 23.3 Å². The van der Waals surface area contributed by atoms with Crippen molar-refractivity contribution in [2.75, 3.05) is 139 Å². The Morgan fingerprint density at radius 3 is 1.07 bits per heavy atom. The minimum atomic E-state index is -0.510. The maximum atomic E-state index is 15.9. The molecular formula is C93H83B2Br5Cl5F4N12O11S4. The van der Waals surface area contributed by atoms with Crippen molar-refractivity contribution in [1.82, 2.24) is 37.1 Å². The molecule has 136 heavy (non-hydrogen) atoms. The summed E-state index contributed by atoms with van der Waals surface area (Å²) >= 11 is 50.7. The van der Waals surface area contributed by atoms with Crippen LogP contribution in [0.1, 0.15) is 20.8 Å². The number of aromatic hydroxyl groups is 1. The van der Waals surface area contributed by atoms with E-state index in [0.29, 0.717) is 200 Å². The number of hydrogen-bond acceptors (Lipinski definition) is 23. The fourth-order valence-corrected chi connectivity index (χ4v) is 20.4. The highest BCUT2D eigenvalue weighted by molar-refractivity contribution is 9.69. The predicted octanol–water partition coefficient (Wildman–Crippen LogP) is 24.6. The smallest absolute Gasteiger partial charge is 0.537 e. The lowest BCUT2D eigenvalue weighted by molar-refractivity contribution is -0.127. The average Bonchev–Trinajstić information content (AvgIpc) is 1.44. The number of benzene rings is 10. The molecule has 4 aromatic heterocycles. The number of piperazine rings is 4. The van der Waals surface area contributed by atoms with E-state index in [1.54, 1.807) is 70.2 Å². The van der Waals surface area contributed by atoms with Crippen LogP contribution in [0.4, 0.5) is 42.4 Å². The minimum Gasteiger partial charge on any atom is -0.537 e. The van der Waals surface area contributed by atoms with Crippen LogP contribution in [0.2, 0.25) is 20.1 Å². The Morgan fingerprint density at radius 1 is 0.441 bits per heavy atom. The summed E-state index contributed by atoms with van der Waals surface area (Å²) in [6, 6.07) is 40.5. The van der Waals surface area contributed by atoms with Crippen molar-refractivity contribution in [2.24, 2.45) is 0 Å². The minimum absolute atomic E-state index is 0.0418. The first-order valence-corrected chi connectivity index (χ1v) is 50.7. The first-order valence-electron chi connectivity index (χ1n) is 41.4. The van der Waals surface area contributed by atoms with Crippen LogP contribution >= 0.6 is 183 Å². The van der Waals surface area contributed by atoms with Gasteiger partial charge in [-0.3, -0.25) is 19.2 Å². The molecule has 0 bridgehead atoms. The lowest BCUT2D eigenvalue weighted by Gasteiger charge is -2.36. The standard InChI is InChI=1S/C25H21ClFN3O2S.C24H19ClFN3O2S.C16H18BrClFN3O2S.C14H12BrClFN3OS.C11H10BO3.C3H3ClO.BBr3/c1-3-21(31)29-8-10-30(11-9-29)25-19-14-20(26)22(23(27)24(19)28-33-25)18-13-16(32-2)12-15-6-4-5-7-17(15)18;1-2-20(31)28-7-9-29(10-8-28)24-18-13-19(25)21(22(26)23(18)27-32-24)17-12-15(30)11-14-5-3-4-6-16(14)17;1-16(2,3)24-15(23)22-6-4-21(5-7-22)14-9-8-10(18)11(17)12(19)13(9)20-25-14;1-2-10(21)19-3-5-20(6-4-19)14-8-7-9(16)11(15)12(17)13(8)18-22-14;1-14-9-6-8-4-2-3-5-10(8)11(7-9)15-12-13;1-2-3(4)5;2-1(3)4/h3-7,12-14H,1,8-11H2,2H3;2-6,11-13,30H,1,7-10H2;8H,4-7H2,1-3H3;2,7H,1,3-6H2;2-7,13H,1H3;2H,1H2;. The molecule has 4 aliphatic rings. The van der Waals surface area contributed by atoms with Crippen LogP contribution in [-0.2, 0) is 23.9 Å². The van der Waals surface area contributed by atoms with Gasteiger partial charge in [0.05, 0.1) is 43.3 Å². The second kappa shape index (κ2) is 48.2. The molecule has 0 spiro atoms. The van der Waals surface area contributed by atoms with Crippen molar-refractivity contribution in [1.29, 1.82) is 0 Å². The van der Waals surface area contributed by atoms with Crippen LogP contribution in [0.3, 0.4) is 0 Å². The Morgan fingerprint density at radius 2 is 0.743 bits per heavy atom. The predicted molar refractivity (Wildman–Crippen MR) is 568 cm³/mol. The van der Waals surface area contributed by atoms with Gasteiger partial charge >= 0.3 is 17.0 Å². The van der Waals surface area contributed by atoms with E-state index < -0.39 is 34.1 Å². The Balaban J connectivity index is 0.000000152. The maximum absolute atomic E-state index is 15.9. The highest BCUT2D eigenvalue weighted by atomic mass is 79.9. The Hall–Kier alpha value is -9.09. The lowest BCUT2D eigenvalue weighted by atomic mass is 9.96. The van der Waals surface area contributed by atoms with E-state index >= 15 is 8.78 Å². The molecule has 14 aromatic rings. The molecule has 4 aliphatic heterocycles. The third kappa shape index (κ3) is 25.2. The fourth-order valence-electron chi connectivity index (χ4n) is 15.2. The highest BCUT2D eigenvalue weighted by Crippen LogP contribution is 2.48. The summed E-state index contributed by atoms with van der Waals surface area (Å²) in [6.45, 7) is 28.9. The van der Waals surface area contributed by atoms with Crippen LogP contribution in [0.5, 0.6) is 23.0 Å². The SMILES string of the molecule is BrB(Br)Br.C=CC(=O)Cl.C=CC(=O)N1CCN(c2snc3c(F)c(-c4cc(O)cc5ccccc45)c(Cl)cc23)CC1.C=CC(=O)N1CCN(c2snc3c(F)c(-c4cc(OC)cc5ccccc45)c(Cl)cc23)CC1.C=CC(=O)N1CCN(c2snc3c(F)c(Br)c(Cl)cc23)CC1.CC(C)(C)OC(=O)N1CCN(c2snc3c(F)c(Br)c(Cl)cc23)CC1.COc1cc(O[B]O)c2ccccc2c1. The largest absolute Gasteiger partial charge is 0.569 e. The van der Waals surface area contributed by atoms with Crippen molar-refractivity contribution in [2.45, 2.75) is 26.4 Å². The van der Waals surface area contributed by atoms with E-state index in [1.165, 1.54) is 70.4 Å². The number of rotatable bonds is 14.